The number of hydrogen-bond acceptors (Lipinski definition) is 5. The summed E-state index contributed by atoms with van der Waals surface area (Å²) in [5.74, 6) is 0.566. The quantitative estimate of drug-likeness (QED) is 0.923. The highest BCUT2D eigenvalue weighted by Gasteiger charge is 2.53. The number of benzene rings is 1. The summed E-state index contributed by atoms with van der Waals surface area (Å²) in [4.78, 5) is 4.58. The summed E-state index contributed by atoms with van der Waals surface area (Å²) in [5, 5.41) is 0.492. The van der Waals surface area contributed by atoms with Crippen LogP contribution in [-0.2, 0) is 15.0 Å². The third-order valence-corrected chi connectivity index (χ3v) is 4.88. The third-order valence-electron chi connectivity index (χ3n) is 3.97. The Bertz CT molecular complexity index is 540. The summed E-state index contributed by atoms with van der Waals surface area (Å²) in [5.41, 5.74) is 5.73. The molecule has 0 aromatic heterocycles. The van der Waals surface area contributed by atoms with Gasteiger partial charge in [0, 0.05) is 24.3 Å². The molecule has 2 heterocycles. The first-order valence-electron chi connectivity index (χ1n) is 6.51. The number of hydrogen-bond donors (Lipinski definition) is 1. The second-order valence-corrected chi connectivity index (χ2v) is 6.12. The Hall–Kier alpha value is -1.11. The van der Waals surface area contributed by atoms with Crippen LogP contribution in [0.3, 0.4) is 0 Å². The maximum atomic E-state index is 14.2. The minimum atomic E-state index is -0.718. The molecule has 2 aliphatic rings. The van der Waals surface area contributed by atoms with Gasteiger partial charge in [0.05, 0.1) is 19.3 Å². The molecule has 3 atom stereocenters. The van der Waals surface area contributed by atoms with Gasteiger partial charge in [-0.2, -0.15) is 0 Å². The first kappa shape index (κ1) is 13.9. The Morgan fingerprint density at radius 1 is 1.55 bits per heavy atom. The van der Waals surface area contributed by atoms with Crippen LogP contribution in [0.1, 0.15) is 5.56 Å². The largest absolute Gasteiger partial charge is 0.382 e. The minimum Gasteiger partial charge on any atom is -0.382 e. The Labute approximate surface area is 121 Å². The third kappa shape index (κ3) is 2.12. The van der Waals surface area contributed by atoms with Gasteiger partial charge in [0.15, 0.2) is 5.17 Å². The molecule has 6 heteroatoms. The lowest BCUT2D eigenvalue weighted by Gasteiger charge is -2.35. The molecule has 1 aromatic carbocycles. The van der Waals surface area contributed by atoms with Crippen molar-refractivity contribution in [2.24, 2.45) is 16.6 Å². The average Bonchev–Trinajstić information content (AvgIpc) is 2.79. The minimum absolute atomic E-state index is 0.0663. The molecular weight excluding hydrogens is 279 g/mol. The van der Waals surface area contributed by atoms with E-state index in [-0.39, 0.29) is 17.8 Å². The number of aliphatic imine (C=N–C) groups is 1. The molecule has 2 aliphatic heterocycles. The highest BCUT2D eigenvalue weighted by Crippen LogP contribution is 2.47. The van der Waals surface area contributed by atoms with Crippen molar-refractivity contribution in [2.45, 2.75) is 11.6 Å². The van der Waals surface area contributed by atoms with Crippen LogP contribution < -0.4 is 5.73 Å². The molecule has 3 unspecified atom stereocenters. The number of nitrogens with two attached hydrogens (primary N) is 1. The fourth-order valence-corrected chi connectivity index (χ4v) is 4.08. The van der Waals surface area contributed by atoms with Gasteiger partial charge in [0.2, 0.25) is 0 Å². The zero-order valence-corrected chi connectivity index (χ0v) is 12.0. The summed E-state index contributed by atoms with van der Waals surface area (Å²) in [6, 6.07) is 6.73. The molecule has 1 fully saturated rings. The SMILES string of the molecule is COCC1OCC2(c3ccccc3F)N=C(N)SCC12. The molecule has 0 radical (unpaired) electrons. The van der Waals surface area contributed by atoms with Gasteiger partial charge in [-0.1, -0.05) is 30.0 Å². The van der Waals surface area contributed by atoms with Crippen molar-refractivity contribution in [1.29, 1.82) is 0 Å². The molecule has 0 amide bonds. The molecule has 1 saturated heterocycles. The van der Waals surface area contributed by atoms with E-state index in [2.05, 4.69) is 4.99 Å². The summed E-state index contributed by atoms with van der Waals surface area (Å²) in [6.45, 7) is 0.824. The number of ether oxygens (including phenoxy) is 2. The number of halogens is 1. The van der Waals surface area contributed by atoms with Crippen molar-refractivity contribution >= 4 is 16.9 Å². The normalized spacial score (nSPS) is 32.8. The Balaban J connectivity index is 2.07. The van der Waals surface area contributed by atoms with E-state index >= 15 is 0 Å². The van der Waals surface area contributed by atoms with Crippen LogP contribution in [0.15, 0.2) is 29.3 Å². The number of thioether (sulfide) groups is 1. The Kier molecular flexibility index (Phi) is 3.70. The van der Waals surface area contributed by atoms with E-state index in [4.69, 9.17) is 15.2 Å². The zero-order chi connectivity index (χ0) is 14.2. The van der Waals surface area contributed by atoms with Crippen LogP contribution in [0, 0.1) is 11.7 Å². The fourth-order valence-electron chi connectivity index (χ4n) is 3.01. The predicted molar refractivity (Wildman–Crippen MR) is 77.3 cm³/mol. The van der Waals surface area contributed by atoms with E-state index in [0.717, 1.165) is 5.75 Å². The maximum Gasteiger partial charge on any atom is 0.154 e. The molecule has 1 aromatic rings. The van der Waals surface area contributed by atoms with Crippen molar-refractivity contribution in [3.8, 4) is 0 Å². The van der Waals surface area contributed by atoms with Crippen LogP contribution in [0.4, 0.5) is 4.39 Å². The van der Waals surface area contributed by atoms with Gasteiger partial charge >= 0.3 is 0 Å². The summed E-state index contributed by atoms with van der Waals surface area (Å²) >= 11 is 1.49. The molecule has 0 saturated carbocycles. The number of fused-ring (bicyclic) bond motifs is 1. The number of nitrogens with zero attached hydrogens (tertiary/aromatic N) is 1. The summed E-state index contributed by atoms with van der Waals surface area (Å²) in [7, 11) is 1.64. The summed E-state index contributed by atoms with van der Waals surface area (Å²) in [6.07, 6.45) is -0.0797. The number of amidine groups is 1. The molecule has 3 rings (SSSR count). The molecule has 4 nitrogen and oxygen atoms in total. The van der Waals surface area contributed by atoms with Gasteiger partial charge in [0.25, 0.3) is 0 Å². The van der Waals surface area contributed by atoms with Crippen LogP contribution in [0.25, 0.3) is 0 Å². The predicted octanol–water partition coefficient (Wildman–Crippen LogP) is 1.74. The monoisotopic (exact) mass is 296 g/mol. The van der Waals surface area contributed by atoms with Gasteiger partial charge in [-0.05, 0) is 6.07 Å². The standard InChI is InChI=1S/C14H17FN2O2S/c1-18-6-12-10-7-20-13(16)17-14(10,8-19-12)9-4-2-3-5-11(9)15/h2-5,10,12H,6-8H2,1H3,(H2,16,17). The molecule has 0 aliphatic carbocycles. The van der Waals surface area contributed by atoms with E-state index in [9.17, 15) is 4.39 Å². The van der Waals surface area contributed by atoms with E-state index in [1.807, 2.05) is 6.07 Å². The van der Waals surface area contributed by atoms with E-state index in [0.29, 0.717) is 23.9 Å². The smallest absolute Gasteiger partial charge is 0.154 e. The number of rotatable bonds is 3. The lowest BCUT2D eigenvalue weighted by atomic mass is 9.79. The van der Waals surface area contributed by atoms with Gasteiger partial charge in [0.1, 0.15) is 11.4 Å². The van der Waals surface area contributed by atoms with E-state index in [1.54, 1.807) is 19.2 Å². The van der Waals surface area contributed by atoms with Crippen molar-refractivity contribution in [1.82, 2.24) is 0 Å². The number of methoxy groups -OCH3 is 1. The second-order valence-electron chi connectivity index (χ2n) is 5.08. The maximum absolute atomic E-state index is 14.2. The highest BCUT2D eigenvalue weighted by atomic mass is 32.2. The van der Waals surface area contributed by atoms with Crippen molar-refractivity contribution in [3.63, 3.8) is 0 Å². The lowest BCUT2D eigenvalue weighted by molar-refractivity contribution is 0.0240. The Morgan fingerprint density at radius 3 is 3.10 bits per heavy atom. The van der Waals surface area contributed by atoms with Crippen molar-refractivity contribution in [3.05, 3.63) is 35.6 Å². The van der Waals surface area contributed by atoms with Crippen LogP contribution in [-0.4, -0.2) is 37.3 Å². The first-order chi connectivity index (χ1) is 9.67. The van der Waals surface area contributed by atoms with Crippen molar-refractivity contribution < 1.29 is 13.9 Å². The highest BCUT2D eigenvalue weighted by molar-refractivity contribution is 8.13. The molecule has 20 heavy (non-hydrogen) atoms. The van der Waals surface area contributed by atoms with Gasteiger partial charge in [-0.15, -0.1) is 0 Å². The van der Waals surface area contributed by atoms with Gasteiger partial charge in [-0.3, -0.25) is 0 Å². The fraction of sp³-hybridized carbons (Fsp3) is 0.500. The van der Waals surface area contributed by atoms with E-state index < -0.39 is 5.54 Å². The van der Waals surface area contributed by atoms with Gasteiger partial charge in [-0.25, -0.2) is 9.38 Å². The second kappa shape index (κ2) is 5.35. The topological polar surface area (TPSA) is 56.8 Å². The molecule has 2 N–H and O–H groups in total. The zero-order valence-electron chi connectivity index (χ0n) is 11.2. The molecule has 0 spiro atoms. The van der Waals surface area contributed by atoms with Gasteiger partial charge < -0.3 is 15.2 Å². The van der Waals surface area contributed by atoms with Crippen LogP contribution >= 0.6 is 11.8 Å². The first-order valence-corrected chi connectivity index (χ1v) is 7.49. The van der Waals surface area contributed by atoms with E-state index in [1.165, 1.54) is 17.8 Å². The molecule has 0 bridgehead atoms. The van der Waals surface area contributed by atoms with Crippen molar-refractivity contribution in [2.75, 3.05) is 26.1 Å². The van der Waals surface area contributed by atoms with Crippen LogP contribution in [0.5, 0.6) is 0 Å². The molecular formula is C14H17FN2O2S. The van der Waals surface area contributed by atoms with Crippen LogP contribution in [0.2, 0.25) is 0 Å². The lowest BCUT2D eigenvalue weighted by Crippen LogP contribution is -2.43. The molecule has 108 valence electrons. The Morgan fingerprint density at radius 2 is 2.35 bits per heavy atom. The summed E-state index contributed by atoms with van der Waals surface area (Å²) < 4.78 is 25.3. The average molecular weight is 296 g/mol.